The van der Waals surface area contributed by atoms with Crippen LogP contribution in [0, 0.1) is 0 Å². The smallest absolute Gasteiger partial charge is 1.00 e. The Morgan fingerprint density at radius 1 is 0.500 bits per heavy atom. The third-order valence-corrected chi connectivity index (χ3v) is 0. The van der Waals surface area contributed by atoms with Crippen LogP contribution in [-0.2, 0) is 0 Å². The molecule has 0 aromatic heterocycles. The standard InChI is InChI=1S/2BrH.2Mg/h2*1H;;/q;;2*+2/p-2. The van der Waals surface area contributed by atoms with E-state index in [0.717, 1.165) is 0 Å². The average Bonchev–Trinajstić information content (AvgIpc) is 0. The molecule has 0 unspecified atom stereocenters. The molecule has 0 saturated heterocycles. The molecule has 0 fully saturated rings. The topological polar surface area (TPSA) is 0 Å². The van der Waals surface area contributed by atoms with E-state index in [1.165, 1.54) is 0 Å². The predicted molar refractivity (Wildman–Crippen MR) is 11.5 cm³/mol. The Hall–Kier alpha value is 2.49. The molecule has 0 atom stereocenters. The first-order valence-electron chi connectivity index (χ1n) is 0. The average molecular weight is 208 g/mol. The van der Waals surface area contributed by atoms with E-state index in [4.69, 9.17) is 0 Å². The summed E-state index contributed by atoms with van der Waals surface area (Å²) in [7, 11) is 0. The van der Waals surface area contributed by atoms with Crippen LogP contribution in [0.3, 0.4) is 0 Å². The molecule has 0 aromatic rings. The van der Waals surface area contributed by atoms with Crippen molar-refractivity contribution in [3.8, 4) is 0 Å². The third kappa shape index (κ3) is 8.82. The first-order valence-corrected chi connectivity index (χ1v) is 0. The van der Waals surface area contributed by atoms with Gasteiger partial charge in [0.05, 0.1) is 0 Å². The summed E-state index contributed by atoms with van der Waals surface area (Å²) in [6, 6.07) is 0. The van der Waals surface area contributed by atoms with Crippen LogP contribution in [-0.4, -0.2) is 46.1 Å². The van der Waals surface area contributed by atoms with Gasteiger partial charge in [0.1, 0.15) is 0 Å². The largest absolute Gasteiger partial charge is 2.00 e. The van der Waals surface area contributed by atoms with Crippen LogP contribution in [0.2, 0.25) is 0 Å². The fraction of sp³-hybridized carbons (Fsp3) is 0. The molecule has 0 aromatic carbocycles. The summed E-state index contributed by atoms with van der Waals surface area (Å²) in [5, 5.41) is 0. The maximum atomic E-state index is 0. The Morgan fingerprint density at radius 3 is 0.500 bits per heavy atom. The van der Waals surface area contributed by atoms with Crippen LogP contribution in [0.5, 0.6) is 0 Å². The van der Waals surface area contributed by atoms with E-state index in [1.807, 2.05) is 0 Å². The molecule has 0 aliphatic heterocycles. The zero-order valence-corrected chi connectivity index (χ0v) is 8.17. The molecule has 0 radical (unpaired) electrons. The molecule has 16 valence electrons. The molecular weight excluding hydrogens is 208 g/mol. The van der Waals surface area contributed by atoms with E-state index in [2.05, 4.69) is 0 Å². The molecule has 4 heavy (non-hydrogen) atoms. The van der Waals surface area contributed by atoms with Crippen LogP contribution in [0.4, 0.5) is 0 Å². The SMILES string of the molecule is [Br-].[Br-].[Mg+2].[Mg+2]. The first-order chi connectivity index (χ1) is 0. The summed E-state index contributed by atoms with van der Waals surface area (Å²) >= 11 is 0. The molecule has 0 N–H and O–H groups in total. The minimum Gasteiger partial charge on any atom is -1.00 e. The van der Waals surface area contributed by atoms with E-state index >= 15 is 0 Å². The van der Waals surface area contributed by atoms with Crippen molar-refractivity contribution in [1.29, 1.82) is 0 Å². The minimum absolute atomic E-state index is 0. The van der Waals surface area contributed by atoms with Crippen molar-refractivity contribution in [2.75, 3.05) is 0 Å². The Balaban J connectivity index is 0. The minimum atomic E-state index is 0. The Kier molecular flexibility index (Phi) is 141. The van der Waals surface area contributed by atoms with Gasteiger partial charge in [-0.15, -0.1) is 0 Å². The van der Waals surface area contributed by atoms with Crippen molar-refractivity contribution in [1.82, 2.24) is 0 Å². The molecule has 0 aliphatic rings. The maximum absolute atomic E-state index is 0. The summed E-state index contributed by atoms with van der Waals surface area (Å²) in [5.41, 5.74) is 0. The van der Waals surface area contributed by atoms with Crippen molar-refractivity contribution in [2.45, 2.75) is 0 Å². The van der Waals surface area contributed by atoms with Gasteiger partial charge in [-0.1, -0.05) is 0 Å². The Bertz CT molecular complexity index is 4.00. The summed E-state index contributed by atoms with van der Waals surface area (Å²) in [4.78, 5) is 0. The van der Waals surface area contributed by atoms with Crippen molar-refractivity contribution < 1.29 is 34.0 Å². The number of hydrogen-bond acceptors (Lipinski definition) is 0. The Labute approximate surface area is 78.9 Å². The number of halogens is 2. The van der Waals surface area contributed by atoms with Crippen LogP contribution in [0.15, 0.2) is 0 Å². The second-order valence-corrected chi connectivity index (χ2v) is 0. The molecule has 0 saturated carbocycles. The van der Waals surface area contributed by atoms with E-state index < -0.39 is 0 Å². The van der Waals surface area contributed by atoms with Crippen LogP contribution in [0.25, 0.3) is 0 Å². The zero-order valence-electron chi connectivity index (χ0n) is 2.17. The van der Waals surface area contributed by atoms with Gasteiger partial charge < -0.3 is 34.0 Å². The van der Waals surface area contributed by atoms with Gasteiger partial charge in [-0.2, -0.15) is 0 Å². The fourth-order valence-electron chi connectivity index (χ4n) is 0. The third-order valence-electron chi connectivity index (χ3n) is 0. The summed E-state index contributed by atoms with van der Waals surface area (Å²) in [6.45, 7) is 0. The van der Waals surface area contributed by atoms with E-state index in [9.17, 15) is 0 Å². The fourth-order valence-corrected chi connectivity index (χ4v) is 0. The second-order valence-electron chi connectivity index (χ2n) is 0. The van der Waals surface area contributed by atoms with Gasteiger partial charge in [0.25, 0.3) is 0 Å². The molecular formula is Br2Mg2+2. The van der Waals surface area contributed by atoms with Gasteiger partial charge in [-0.05, 0) is 0 Å². The van der Waals surface area contributed by atoms with Gasteiger partial charge in [0.2, 0.25) is 0 Å². The summed E-state index contributed by atoms with van der Waals surface area (Å²) in [5.74, 6) is 0. The molecule has 0 bridgehead atoms. The van der Waals surface area contributed by atoms with Gasteiger partial charge in [-0.25, -0.2) is 0 Å². The molecule has 0 rings (SSSR count). The van der Waals surface area contributed by atoms with Crippen molar-refractivity contribution >= 4 is 46.1 Å². The van der Waals surface area contributed by atoms with Crippen LogP contribution >= 0.6 is 0 Å². The summed E-state index contributed by atoms with van der Waals surface area (Å²) in [6.07, 6.45) is 0. The molecule has 0 spiro atoms. The van der Waals surface area contributed by atoms with Crippen molar-refractivity contribution in [3.05, 3.63) is 0 Å². The molecule has 0 aliphatic carbocycles. The van der Waals surface area contributed by atoms with E-state index in [-0.39, 0.29) is 80.1 Å². The van der Waals surface area contributed by atoms with Gasteiger partial charge in [0, 0.05) is 0 Å². The molecule has 0 heterocycles. The summed E-state index contributed by atoms with van der Waals surface area (Å²) < 4.78 is 0. The molecule has 4 heteroatoms. The maximum Gasteiger partial charge on any atom is 2.00 e. The predicted octanol–water partition coefficient (Wildman–Crippen LogP) is -6.75. The number of hydrogen-bond donors (Lipinski definition) is 0. The normalized spacial score (nSPS) is 0. The zero-order chi connectivity index (χ0) is 0. The van der Waals surface area contributed by atoms with Crippen LogP contribution < -0.4 is 34.0 Å². The van der Waals surface area contributed by atoms with E-state index in [0.29, 0.717) is 0 Å². The van der Waals surface area contributed by atoms with Crippen LogP contribution in [0.1, 0.15) is 0 Å². The molecule has 0 nitrogen and oxygen atoms in total. The quantitative estimate of drug-likeness (QED) is 0.347. The van der Waals surface area contributed by atoms with Gasteiger partial charge in [0.15, 0.2) is 0 Å². The monoisotopic (exact) mass is 206 g/mol. The first kappa shape index (κ1) is 31.5. The Morgan fingerprint density at radius 2 is 0.500 bits per heavy atom. The van der Waals surface area contributed by atoms with Crippen molar-refractivity contribution in [2.24, 2.45) is 0 Å². The number of rotatable bonds is 0. The second kappa shape index (κ2) is 17.8. The van der Waals surface area contributed by atoms with Crippen molar-refractivity contribution in [3.63, 3.8) is 0 Å². The molecule has 0 amide bonds. The van der Waals surface area contributed by atoms with Gasteiger partial charge in [-0.3, -0.25) is 0 Å². The van der Waals surface area contributed by atoms with E-state index in [1.54, 1.807) is 0 Å². The van der Waals surface area contributed by atoms with Gasteiger partial charge >= 0.3 is 46.1 Å².